The summed E-state index contributed by atoms with van der Waals surface area (Å²) in [6.07, 6.45) is -4.48. The maximum atomic E-state index is 12.9. The summed E-state index contributed by atoms with van der Waals surface area (Å²) in [5, 5.41) is 8.88. The van der Waals surface area contributed by atoms with Crippen LogP contribution in [0.4, 0.5) is 18.9 Å². The molecule has 0 unspecified atom stereocenters. The lowest BCUT2D eigenvalue weighted by atomic mass is 10.1. The first kappa shape index (κ1) is 21.0. The van der Waals surface area contributed by atoms with Crippen molar-refractivity contribution in [2.45, 2.75) is 28.9 Å². The van der Waals surface area contributed by atoms with E-state index in [-0.39, 0.29) is 18.9 Å². The van der Waals surface area contributed by atoms with Crippen molar-refractivity contribution in [1.29, 1.82) is 0 Å². The van der Waals surface area contributed by atoms with Crippen LogP contribution < -0.4 is 4.90 Å². The van der Waals surface area contributed by atoms with E-state index in [1.54, 1.807) is 24.3 Å². The maximum Gasteiger partial charge on any atom is 0.416 e. The van der Waals surface area contributed by atoms with Crippen molar-refractivity contribution < 1.29 is 27.9 Å². The average molecular weight is 443 g/mol. The minimum absolute atomic E-state index is 0.0533. The smallest absolute Gasteiger partial charge is 0.416 e. The molecule has 0 aliphatic carbocycles. The van der Waals surface area contributed by atoms with E-state index in [4.69, 9.17) is 5.11 Å². The van der Waals surface area contributed by atoms with Crippen LogP contribution in [0, 0.1) is 0 Å². The molecule has 0 saturated heterocycles. The number of rotatable bonds is 5. The van der Waals surface area contributed by atoms with Crippen molar-refractivity contribution in [1.82, 2.24) is 0 Å². The maximum absolute atomic E-state index is 12.9. The lowest BCUT2D eigenvalue weighted by Gasteiger charge is -2.17. The van der Waals surface area contributed by atoms with Gasteiger partial charge in [-0.05, 0) is 59.7 Å². The van der Waals surface area contributed by atoms with Gasteiger partial charge in [0.15, 0.2) is 0 Å². The highest BCUT2D eigenvalue weighted by Gasteiger charge is 2.33. The number of anilines is 1. The van der Waals surface area contributed by atoms with Crippen LogP contribution in [-0.4, -0.2) is 17.0 Å². The van der Waals surface area contributed by atoms with Gasteiger partial charge in [-0.1, -0.05) is 30.0 Å². The molecule has 0 saturated carbocycles. The number of aliphatic carboxylic acids is 1. The van der Waals surface area contributed by atoms with Crippen LogP contribution in [0.15, 0.2) is 76.5 Å². The first-order valence-electron chi connectivity index (χ1n) is 9.32. The lowest BCUT2D eigenvalue weighted by molar-refractivity contribution is -0.138. The van der Waals surface area contributed by atoms with Gasteiger partial charge in [0.05, 0.1) is 18.5 Å². The van der Waals surface area contributed by atoms with Crippen molar-refractivity contribution in [2.24, 2.45) is 0 Å². The lowest BCUT2D eigenvalue weighted by Crippen LogP contribution is -2.23. The molecular formula is C23H16F3NO3S. The monoisotopic (exact) mass is 443 g/mol. The third kappa shape index (κ3) is 4.44. The van der Waals surface area contributed by atoms with E-state index in [1.165, 1.54) is 28.8 Å². The Morgan fingerprint density at radius 1 is 1.00 bits per heavy atom. The molecule has 3 aromatic rings. The highest BCUT2D eigenvalue weighted by atomic mass is 32.2. The molecule has 3 aromatic carbocycles. The number of carbonyl (C=O) groups excluding carboxylic acids is 1. The van der Waals surface area contributed by atoms with Gasteiger partial charge in [0.2, 0.25) is 0 Å². The van der Waals surface area contributed by atoms with Crippen LogP contribution in [-0.2, 0) is 23.9 Å². The minimum atomic E-state index is -4.43. The Hall–Kier alpha value is -3.26. The van der Waals surface area contributed by atoms with E-state index in [1.807, 2.05) is 18.2 Å². The molecule has 1 aliphatic rings. The summed E-state index contributed by atoms with van der Waals surface area (Å²) in [6, 6.07) is 17.1. The number of carbonyl (C=O) groups is 2. The summed E-state index contributed by atoms with van der Waals surface area (Å²) in [5.41, 5.74) is 1.67. The van der Waals surface area contributed by atoms with Crippen LogP contribution in [0.2, 0.25) is 0 Å². The number of benzene rings is 3. The largest absolute Gasteiger partial charge is 0.481 e. The normalized spacial score (nSPS) is 13.4. The molecule has 1 aliphatic heterocycles. The second-order valence-corrected chi connectivity index (χ2v) is 8.15. The SMILES string of the molecule is O=C(O)Cc1ccc(Sc2cccc3c2CN(c2ccc(C(F)(F)F)cc2)C3=O)cc1. The van der Waals surface area contributed by atoms with Gasteiger partial charge in [-0.2, -0.15) is 13.2 Å². The number of carboxylic acid groups (broad SMARTS) is 1. The zero-order valence-corrected chi connectivity index (χ0v) is 16.8. The highest BCUT2D eigenvalue weighted by Crippen LogP contribution is 2.38. The van der Waals surface area contributed by atoms with Crippen LogP contribution in [0.1, 0.15) is 27.0 Å². The molecule has 0 atom stereocenters. The predicted molar refractivity (Wildman–Crippen MR) is 110 cm³/mol. The number of hydrogen-bond acceptors (Lipinski definition) is 3. The Balaban J connectivity index is 1.56. The van der Waals surface area contributed by atoms with E-state index >= 15 is 0 Å². The fourth-order valence-electron chi connectivity index (χ4n) is 3.42. The van der Waals surface area contributed by atoms with Crippen molar-refractivity contribution >= 4 is 29.3 Å². The van der Waals surface area contributed by atoms with Crippen molar-refractivity contribution in [2.75, 3.05) is 4.90 Å². The molecule has 0 spiro atoms. The first-order valence-corrected chi connectivity index (χ1v) is 10.1. The van der Waals surface area contributed by atoms with Crippen LogP contribution >= 0.6 is 11.8 Å². The predicted octanol–water partition coefficient (Wildman–Crippen LogP) is 5.64. The van der Waals surface area contributed by atoms with Gasteiger partial charge in [-0.25, -0.2) is 0 Å². The summed E-state index contributed by atoms with van der Waals surface area (Å²) in [7, 11) is 0. The third-order valence-corrected chi connectivity index (χ3v) is 6.05. The number of carboxylic acids is 1. The summed E-state index contributed by atoms with van der Waals surface area (Å²) in [4.78, 5) is 26.9. The number of alkyl halides is 3. The highest BCUT2D eigenvalue weighted by molar-refractivity contribution is 7.99. The average Bonchev–Trinajstić information content (AvgIpc) is 3.06. The summed E-state index contributed by atoms with van der Waals surface area (Å²) < 4.78 is 38.5. The van der Waals surface area contributed by atoms with E-state index in [0.29, 0.717) is 16.8 Å². The topological polar surface area (TPSA) is 57.6 Å². The molecule has 0 aromatic heterocycles. The molecule has 158 valence electrons. The Bertz CT molecular complexity index is 1140. The van der Waals surface area contributed by atoms with Gasteiger partial charge in [-0.15, -0.1) is 0 Å². The Morgan fingerprint density at radius 3 is 2.29 bits per heavy atom. The van der Waals surface area contributed by atoms with Gasteiger partial charge in [0, 0.05) is 21.0 Å². The number of nitrogens with zero attached hydrogens (tertiary/aromatic N) is 1. The standard InChI is InChI=1S/C23H16F3NO3S/c24-23(25,26)15-6-8-16(9-7-15)27-13-19-18(22(27)30)2-1-3-20(19)31-17-10-4-14(5-11-17)12-21(28)29/h1-11H,12-13H2,(H,28,29). The Morgan fingerprint density at radius 2 is 1.68 bits per heavy atom. The van der Waals surface area contributed by atoms with Crippen molar-refractivity contribution in [3.05, 3.63) is 89.0 Å². The van der Waals surface area contributed by atoms with E-state index < -0.39 is 17.7 Å². The molecule has 4 rings (SSSR count). The third-order valence-electron chi connectivity index (χ3n) is 4.94. The number of fused-ring (bicyclic) bond motifs is 1. The molecule has 0 fully saturated rings. The van der Waals surface area contributed by atoms with Gasteiger partial charge in [-0.3, -0.25) is 9.59 Å². The zero-order valence-electron chi connectivity index (χ0n) is 16.0. The molecule has 0 bridgehead atoms. The van der Waals surface area contributed by atoms with Crippen LogP contribution in [0.3, 0.4) is 0 Å². The summed E-state index contributed by atoms with van der Waals surface area (Å²) >= 11 is 1.45. The number of hydrogen-bond donors (Lipinski definition) is 1. The van der Waals surface area contributed by atoms with E-state index in [2.05, 4.69) is 0 Å². The van der Waals surface area contributed by atoms with Gasteiger partial charge in [0.1, 0.15) is 0 Å². The molecular weight excluding hydrogens is 427 g/mol. The molecule has 8 heteroatoms. The second kappa shape index (κ2) is 8.11. The van der Waals surface area contributed by atoms with Crippen molar-refractivity contribution in [3.63, 3.8) is 0 Å². The van der Waals surface area contributed by atoms with Gasteiger partial charge >= 0.3 is 12.1 Å². The molecule has 31 heavy (non-hydrogen) atoms. The van der Waals surface area contributed by atoms with E-state index in [0.717, 1.165) is 27.5 Å². The molecule has 0 radical (unpaired) electrons. The molecule has 1 amide bonds. The molecule has 1 heterocycles. The number of amides is 1. The first-order chi connectivity index (χ1) is 14.7. The van der Waals surface area contributed by atoms with Gasteiger partial charge < -0.3 is 10.0 Å². The quantitative estimate of drug-likeness (QED) is 0.554. The Kier molecular flexibility index (Phi) is 5.49. The zero-order chi connectivity index (χ0) is 22.2. The summed E-state index contributed by atoms with van der Waals surface area (Å²) in [6.45, 7) is 0.264. The molecule has 4 nitrogen and oxygen atoms in total. The fourth-order valence-corrected chi connectivity index (χ4v) is 4.39. The number of halogens is 3. The Labute approximate surface area is 180 Å². The minimum Gasteiger partial charge on any atom is -0.481 e. The summed E-state index contributed by atoms with van der Waals surface area (Å²) in [5.74, 6) is -1.16. The molecule has 1 N–H and O–H groups in total. The van der Waals surface area contributed by atoms with Crippen molar-refractivity contribution in [3.8, 4) is 0 Å². The van der Waals surface area contributed by atoms with E-state index in [9.17, 15) is 22.8 Å². The van der Waals surface area contributed by atoms with Gasteiger partial charge in [0.25, 0.3) is 5.91 Å². The van der Waals surface area contributed by atoms with Crippen LogP contribution in [0.5, 0.6) is 0 Å². The fraction of sp³-hybridized carbons (Fsp3) is 0.130. The van der Waals surface area contributed by atoms with Crippen LogP contribution in [0.25, 0.3) is 0 Å². The second-order valence-electron chi connectivity index (χ2n) is 7.03.